The van der Waals surface area contributed by atoms with Gasteiger partial charge in [0.05, 0.1) is 32.5 Å². The Kier molecular flexibility index (Phi) is 12.6. The predicted molar refractivity (Wildman–Crippen MR) is 147 cm³/mol. The van der Waals surface area contributed by atoms with Crippen molar-refractivity contribution in [1.29, 1.82) is 0 Å². The summed E-state index contributed by atoms with van der Waals surface area (Å²) >= 11 is 0. The molecule has 1 saturated heterocycles. The molecule has 7 heteroatoms. The van der Waals surface area contributed by atoms with Crippen LogP contribution in [0.2, 0.25) is 18.1 Å². The first kappa shape index (κ1) is 31.5. The summed E-state index contributed by atoms with van der Waals surface area (Å²) in [7, 11) is -0.547. The average Bonchev–Trinajstić information content (AvgIpc) is 3.38. The Morgan fingerprint density at radius 3 is 2.39 bits per heavy atom. The molecule has 1 aliphatic heterocycles. The van der Waals surface area contributed by atoms with Gasteiger partial charge in [0.1, 0.15) is 0 Å². The number of esters is 1. The minimum atomic E-state index is -1.97. The summed E-state index contributed by atoms with van der Waals surface area (Å²) in [5.74, 6) is -0.210. The van der Waals surface area contributed by atoms with Crippen molar-refractivity contribution < 1.29 is 28.5 Å². The van der Waals surface area contributed by atoms with Gasteiger partial charge in [-0.2, -0.15) is 0 Å². The van der Waals surface area contributed by atoms with Crippen molar-refractivity contribution >= 4 is 14.3 Å². The van der Waals surface area contributed by atoms with Crippen LogP contribution in [0.25, 0.3) is 0 Å². The molecule has 0 radical (unpaired) electrons. The third kappa shape index (κ3) is 9.23. The summed E-state index contributed by atoms with van der Waals surface area (Å²) in [4.78, 5) is 11.3. The zero-order valence-corrected chi connectivity index (χ0v) is 25.1. The summed E-state index contributed by atoms with van der Waals surface area (Å²) < 4.78 is 24.0. The lowest BCUT2D eigenvalue weighted by Crippen LogP contribution is -2.45. The van der Waals surface area contributed by atoms with E-state index in [0.717, 1.165) is 44.9 Å². The monoisotopic (exact) mass is 526 g/mol. The van der Waals surface area contributed by atoms with E-state index in [1.807, 2.05) is 0 Å². The lowest BCUT2D eigenvalue weighted by molar-refractivity contribution is -0.171. The maximum absolute atomic E-state index is 11.3. The van der Waals surface area contributed by atoms with Crippen LogP contribution in [0.4, 0.5) is 0 Å². The summed E-state index contributed by atoms with van der Waals surface area (Å²) in [5.41, 5.74) is 0. The highest BCUT2D eigenvalue weighted by Gasteiger charge is 2.48. The van der Waals surface area contributed by atoms with Gasteiger partial charge in [0.15, 0.2) is 14.1 Å². The number of carbonyl (C=O) groups excluding carboxylic acids is 1. The van der Waals surface area contributed by atoms with Gasteiger partial charge in [0.25, 0.3) is 0 Å². The zero-order valence-electron chi connectivity index (χ0n) is 24.1. The van der Waals surface area contributed by atoms with E-state index in [4.69, 9.17) is 18.6 Å². The zero-order chi connectivity index (χ0) is 26.8. The summed E-state index contributed by atoms with van der Waals surface area (Å²) in [5, 5.41) is 11.3. The molecular formula is C29H54O6Si. The van der Waals surface area contributed by atoms with Gasteiger partial charge in [0, 0.05) is 19.3 Å². The van der Waals surface area contributed by atoms with E-state index in [-0.39, 0.29) is 35.1 Å². The van der Waals surface area contributed by atoms with Gasteiger partial charge in [-0.05, 0) is 68.5 Å². The van der Waals surface area contributed by atoms with Crippen LogP contribution in [-0.4, -0.2) is 57.7 Å². The Labute approximate surface area is 221 Å². The van der Waals surface area contributed by atoms with E-state index in [1.54, 1.807) is 0 Å². The molecule has 0 aromatic rings. The second-order valence-corrected chi connectivity index (χ2v) is 17.1. The SMILES string of the molecule is CCCCCC1(CC[C@@H]2[C@@H](CC=CCCCC(=O)OC)[C@@H](O)C[C@H]2O[Si](C)(C)C(C)(C)C)OCCO1. The number of hydrogen-bond donors (Lipinski definition) is 1. The summed E-state index contributed by atoms with van der Waals surface area (Å²) in [6, 6.07) is 0. The smallest absolute Gasteiger partial charge is 0.305 e. The van der Waals surface area contributed by atoms with Crippen LogP contribution in [0.5, 0.6) is 0 Å². The molecule has 210 valence electrons. The van der Waals surface area contributed by atoms with Crippen molar-refractivity contribution in [2.45, 2.75) is 134 Å². The van der Waals surface area contributed by atoms with Gasteiger partial charge >= 0.3 is 5.97 Å². The van der Waals surface area contributed by atoms with E-state index in [1.165, 1.54) is 20.0 Å². The van der Waals surface area contributed by atoms with Gasteiger partial charge < -0.3 is 23.7 Å². The van der Waals surface area contributed by atoms with Gasteiger partial charge in [-0.25, -0.2) is 0 Å². The lowest BCUT2D eigenvalue weighted by atomic mass is 9.85. The number of ether oxygens (including phenoxy) is 3. The molecule has 0 aromatic carbocycles. The minimum absolute atomic E-state index is 0.0627. The fourth-order valence-electron chi connectivity index (χ4n) is 5.35. The van der Waals surface area contributed by atoms with Crippen LogP contribution >= 0.6 is 0 Å². The van der Waals surface area contributed by atoms with Gasteiger partial charge in [-0.1, -0.05) is 52.7 Å². The van der Waals surface area contributed by atoms with E-state index in [0.29, 0.717) is 26.1 Å². The molecule has 36 heavy (non-hydrogen) atoms. The van der Waals surface area contributed by atoms with E-state index in [9.17, 15) is 9.90 Å². The number of unbranched alkanes of at least 4 members (excludes halogenated alkanes) is 3. The molecule has 0 amide bonds. The van der Waals surface area contributed by atoms with Crippen LogP contribution in [0.3, 0.4) is 0 Å². The standard InChI is InChI=1S/C29H54O6Si/c1-8-9-14-18-29(33-20-21-34-29)19-17-24-23(15-12-10-11-13-16-27(31)32-5)25(30)22-26(24)35-36(6,7)28(2,3)4/h10,12,23-26,30H,8-9,11,13-22H2,1-7H3/t23-,24-,25+,26-/m1/s1. The fourth-order valence-corrected chi connectivity index (χ4v) is 6.73. The summed E-state index contributed by atoms with van der Waals surface area (Å²) in [6.45, 7) is 15.0. The third-order valence-corrected chi connectivity index (χ3v) is 13.1. The Morgan fingerprint density at radius 1 is 1.08 bits per heavy atom. The van der Waals surface area contributed by atoms with Crippen molar-refractivity contribution in [2.24, 2.45) is 11.8 Å². The highest BCUT2D eigenvalue weighted by molar-refractivity contribution is 6.74. The van der Waals surface area contributed by atoms with E-state index >= 15 is 0 Å². The lowest BCUT2D eigenvalue weighted by Gasteiger charge is -2.40. The number of hydrogen-bond acceptors (Lipinski definition) is 6. The minimum Gasteiger partial charge on any atom is -0.469 e. The molecular weight excluding hydrogens is 472 g/mol. The van der Waals surface area contributed by atoms with Crippen LogP contribution in [0.1, 0.15) is 98.3 Å². The first-order valence-electron chi connectivity index (χ1n) is 14.3. The number of aliphatic hydroxyl groups is 1. The molecule has 1 N–H and O–H groups in total. The highest BCUT2D eigenvalue weighted by Crippen LogP contribution is 2.46. The van der Waals surface area contributed by atoms with Gasteiger partial charge in [0.2, 0.25) is 0 Å². The molecule has 0 bridgehead atoms. The third-order valence-electron chi connectivity index (χ3n) is 8.64. The average molecular weight is 527 g/mol. The Bertz CT molecular complexity index is 680. The summed E-state index contributed by atoms with van der Waals surface area (Å²) in [6.07, 6.45) is 13.8. The highest BCUT2D eigenvalue weighted by atomic mass is 28.4. The number of carbonyl (C=O) groups is 1. The second kappa shape index (κ2) is 14.4. The molecule has 1 saturated carbocycles. The van der Waals surface area contributed by atoms with Crippen molar-refractivity contribution in [3.8, 4) is 0 Å². The molecule has 0 unspecified atom stereocenters. The molecule has 0 spiro atoms. The Balaban J connectivity index is 2.10. The van der Waals surface area contributed by atoms with Crippen LogP contribution in [-0.2, 0) is 23.4 Å². The number of rotatable bonds is 15. The van der Waals surface area contributed by atoms with E-state index < -0.39 is 14.1 Å². The maximum atomic E-state index is 11.3. The molecule has 1 heterocycles. The normalized spacial score (nSPS) is 26.7. The van der Waals surface area contributed by atoms with Crippen molar-refractivity contribution in [3.05, 3.63) is 12.2 Å². The maximum Gasteiger partial charge on any atom is 0.305 e. The Hall–Kier alpha value is -0.733. The van der Waals surface area contributed by atoms with Gasteiger partial charge in [-0.3, -0.25) is 4.79 Å². The van der Waals surface area contributed by atoms with Crippen LogP contribution in [0.15, 0.2) is 12.2 Å². The molecule has 2 fully saturated rings. The number of allylic oxidation sites excluding steroid dienone is 2. The molecule has 0 aromatic heterocycles. The predicted octanol–water partition coefficient (Wildman–Crippen LogP) is 6.77. The molecule has 2 rings (SSSR count). The number of aliphatic hydroxyl groups excluding tert-OH is 1. The van der Waals surface area contributed by atoms with Gasteiger partial charge in [-0.15, -0.1) is 0 Å². The first-order chi connectivity index (χ1) is 16.9. The number of methoxy groups -OCH3 is 1. The molecule has 2 aliphatic rings. The van der Waals surface area contributed by atoms with Crippen molar-refractivity contribution in [3.63, 3.8) is 0 Å². The topological polar surface area (TPSA) is 74.2 Å². The first-order valence-corrected chi connectivity index (χ1v) is 17.2. The fraction of sp³-hybridized carbons (Fsp3) is 0.897. The second-order valence-electron chi connectivity index (χ2n) is 12.3. The van der Waals surface area contributed by atoms with E-state index in [2.05, 4.69) is 52.9 Å². The quantitative estimate of drug-likeness (QED) is 0.110. The van der Waals surface area contributed by atoms with Crippen LogP contribution < -0.4 is 0 Å². The van der Waals surface area contributed by atoms with Crippen molar-refractivity contribution in [2.75, 3.05) is 20.3 Å². The van der Waals surface area contributed by atoms with Crippen LogP contribution in [0, 0.1) is 11.8 Å². The molecule has 6 nitrogen and oxygen atoms in total. The van der Waals surface area contributed by atoms with Crippen molar-refractivity contribution in [1.82, 2.24) is 0 Å². The Morgan fingerprint density at radius 2 is 1.78 bits per heavy atom. The largest absolute Gasteiger partial charge is 0.469 e. The molecule has 1 aliphatic carbocycles. The molecule has 4 atom stereocenters.